The van der Waals surface area contributed by atoms with Gasteiger partial charge in [-0.15, -0.1) is 0 Å². The molecule has 0 bridgehead atoms. The monoisotopic (exact) mass is 474 g/mol. The number of aliphatic hydroxyl groups is 2. The lowest BCUT2D eigenvalue weighted by molar-refractivity contribution is -0.136. The number of anilines is 1. The second-order valence-electron chi connectivity index (χ2n) is 9.01. The van der Waals surface area contributed by atoms with Gasteiger partial charge in [0.05, 0.1) is 24.0 Å². The van der Waals surface area contributed by atoms with E-state index < -0.39 is 17.6 Å². The maximum atomic E-state index is 12.4. The zero-order valence-corrected chi connectivity index (χ0v) is 19.6. The number of aromatic nitrogens is 4. The highest BCUT2D eigenvalue weighted by molar-refractivity contribution is 5.84. The first-order valence-electron chi connectivity index (χ1n) is 11.3. The molecule has 10 heteroatoms. The van der Waals surface area contributed by atoms with Gasteiger partial charge < -0.3 is 29.8 Å². The van der Waals surface area contributed by atoms with Crippen molar-refractivity contribution in [2.24, 2.45) is 11.3 Å². The van der Waals surface area contributed by atoms with E-state index in [-0.39, 0.29) is 17.6 Å². The molecule has 1 aromatic carbocycles. The normalized spacial score (nSPS) is 23.9. The van der Waals surface area contributed by atoms with Gasteiger partial charge in [0.15, 0.2) is 22.7 Å². The molecule has 1 unspecified atom stereocenters. The third-order valence-electron chi connectivity index (χ3n) is 6.75. The Kier molecular flexibility index (Phi) is 5.67. The predicted octanol–water partition coefficient (Wildman–Crippen LogP) is 1.51. The van der Waals surface area contributed by atoms with Crippen LogP contribution in [0.1, 0.15) is 24.9 Å². The van der Waals surface area contributed by atoms with E-state index in [2.05, 4.69) is 37.4 Å². The van der Waals surface area contributed by atoms with Gasteiger partial charge in [0.1, 0.15) is 5.58 Å². The number of hydrogen-bond acceptors (Lipinski definition) is 8. The van der Waals surface area contributed by atoms with E-state index in [1.807, 2.05) is 30.3 Å². The number of furan rings is 1. The van der Waals surface area contributed by atoms with Crippen molar-refractivity contribution in [3.8, 4) is 11.8 Å². The molecule has 3 aromatic heterocycles. The molecule has 0 spiro atoms. The Morgan fingerprint density at radius 3 is 2.80 bits per heavy atom. The van der Waals surface area contributed by atoms with E-state index >= 15 is 0 Å². The summed E-state index contributed by atoms with van der Waals surface area (Å²) in [5.41, 5.74) is 0.768. The third kappa shape index (κ3) is 3.88. The fourth-order valence-electron chi connectivity index (χ4n) is 4.83. The first-order chi connectivity index (χ1) is 16.8. The molecule has 0 saturated heterocycles. The van der Waals surface area contributed by atoms with E-state index in [4.69, 9.17) is 4.42 Å². The number of para-hydroxylation sites is 1. The topological polar surface area (TPSA) is 138 Å². The number of benzene rings is 1. The number of fused-ring (bicyclic) bond motifs is 2. The highest BCUT2D eigenvalue weighted by Crippen LogP contribution is 2.43. The number of rotatable bonds is 4. The van der Waals surface area contributed by atoms with Gasteiger partial charge in [-0.3, -0.25) is 4.79 Å². The number of hydrogen-bond donors (Lipinski definition) is 4. The minimum absolute atomic E-state index is 0.284. The van der Waals surface area contributed by atoms with E-state index in [1.54, 1.807) is 24.9 Å². The van der Waals surface area contributed by atoms with Crippen LogP contribution in [0.4, 0.5) is 5.82 Å². The van der Waals surface area contributed by atoms with E-state index in [1.165, 1.54) is 7.05 Å². The van der Waals surface area contributed by atoms with Gasteiger partial charge in [-0.1, -0.05) is 18.2 Å². The standard InChI is InChI=1S/C25H26N6O4/c1-25(24(34)27-3)11-15(20(32)21(25)33)12-31-13-28-19-22(26-2)29-18(30-23(19)31)9-8-16-10-14-6-4-5-7-17(14)35-16/h4-7,10,13,15,20-21,32-33H,11-12H2,1-3H3,(H,27,34)(H,26,29,30)/t15-,20-,21-,25?/m0/s1. The third-order valence-corrected chi connectivity index (χ3v) is 6.75. The number of imidazole rings is 1. The van der Waals surface area contributed by atoms with E-state index in [9.17, 15) is 15.0 Å². The second kappa shape index (κ2) is 8.69. The Morgan fingerprint density at radius 1 is 1.26 bits per heavy atom. The molecule has 35 heavy (non-hydrogen) atoms. The van der Waals surface area contributed by atoms with Crippen molar-refractivity contribution in [3.63, 3.8) is 0 Å². The van der Waals surface area contributed by atoms with Crippen LogP contribution in [0.5, 0.6) is 0 Å². The number of nitrogens with zero attached hydrogens (tertiary/aromatic N) is 4. The molecule has 10 nitrogen and oxygen atoms in total. The summed E-state index contributed by atoms with van der Waals surface area (Å²) in [6.07, 6.45) is -0.300. The first-order valence-corrected chi connectivity index (χ1v) is 11.3. The van der Waals surface area contributed by atoms with Gasteiger partial charge in [0.2, 0.25) is 11.7 Å². The van der Waals surface area contributed by atoms with Gasteiger partial charge in [0, 0.05) is 38.0 Å². The Bertz CT molecular complexity index is 1450. The molecule has 4 aromatic rings. The van der Waals surface area contributed by atoms with Gasteiger partial charge in [-0.2, -0.15) is 0 Å². The number of aliphatic hydroxyl groups excluding tert-OH is 2. The number of amides is 1. The summed E-state index contributed by atoms with van der Waals surface area (Å²) in [7, 11) is 3.26. The van der Waals surface area contributed by atoms with Crippen molar-refractivity contribution in [2.75, 3.05) is 19.4 Å². The van der Waals surface area contributed by atoms with Crippen LogP contribution in [0.3, 0.4) is 0 Å². The maximum absolute atomic E-state index is 12.4. The smallest absolute Gasteiger partial charge is 0.228 e. The molecule has 1 aliphatic rings. The molecule has 3 heterocycles. The lowest BCUT2D eigenvalue weighted by atomic mass is 9.84. The molecule has 0 aliphatic heterocycles. The summed E-state index contributed by atoms with van der Waals surface area (Å²) in [4.78, 5) is 25.9. The van der Waals surface area contributed by atoms with Crippen molar-refractivity contribution in [3.05, 3.63) is 48.2 Å². The largest absolute Gasteiger partial charge is 0.448 e. The average molecular weight is 475 g/mol. The minimum Gasteiger partial charge on any atom is -0.448 e. The average Bonchev–Trinajstić information content (AvgIpc) is 3.53. The lowest BCUT2D eigenvalue weighted by Gasteiger charge is -2.26. The van der Waals surface area contributed by atoms with Crippen molar-refractivity contribution < 1.29 is 19.4 Å². The molecule has 1 saturated carbocycles. The Balaban J connectivity index is 1.47. The molecule has 1 aliphatic carbocycles. The predicted molar refractivity (Wildman–Crippen MR) is 129 cm³/mol. The van der Waals surface area contributed by atoms with Crippen LogP contribution in [-0.4, -0.2) is 61.9 Å². The SMILES string of the molecule is CNC(=O)C1(C)C[C@@H](Cn2cnc3c(NC)nc(C#Cc4cc5ccccc5o4)nc32)[C@H](O)[C@@H]1O. The number of nitrogens with one attached hydrogen (secondary N) is 2. The van der Waals surface area contributed by atoms with Gasteiger partial charge in [-0.25, -0.2) is 15.0 Å². The fraction of sp³-hybridized carbons (Fsp3) is 0.360. The Morgan fingerprint density at radius 2 is 2.06 bits per heavy atom. The van der Waals surface area contributed by atoms with Crippen LogP contribution in [0.2, 0.25) is 0 Å². The minimum atomic E-state index is -1.17. The summed E-state index contributed by atoms with van der Waals surface area (Å²) in [6, 6.07) is 9.53. The Hall–Kier alpha value is -3.94. The molecule has 1 fully saturated rings. The summed E-state index contributed by atoms with van der Waals surface area (Å²) in [6.45, 7) is 1.98. The second-order valence-corrected chi connectivity index (χ2v) is 9.01. The van der Waals surface area contributed by atoms with Crippen LogP contribution in [-0.2, 0) is 11.3 Å². The quantitative estimate of drug-likeness (QED) is 0.327. The summed E-state index contributed by atoms with van der Waals surface area (Å²) in [5, 5.41) is 27.9. The number of carbonyl (C=O) groups is 1. The van der Waals surface area contributed by atoms with Crippen LogP contribution < -0.4 is 10.6 Å². The highest BCUT2D eigenvalue weighted by Gasteiger charge is 2.53. The maximum Gasteiger partial charge on any atom is 0.228 e. The van der Waals surface area contributed by atoms with Gasteiger partial charge in [-0.05, 0) is 31.3 Å². The van der Waals surface area contributed by atoms with Crippen molar-refractivity contribution in [1.82, 2.24) is 24.8 Å². The Labute approximate surface area is 201 Å². The van der Waals surface area contributed by atoms with Crippen LogP contribution in [0.25, 0.3) is 22.1 Å². The zero-order valence-electron chi connectivity index (χ0n) is 19.6. The fourth-order valence-corrected chi connectivity index (χ4v) is 4.83. The molecule has 5 rings (SSSR count). The first kappa shape index (κ1) is 22.8. The van der Waals surface area contributed by atoms with Crippen molar-refractivity contribution in [1.29, 1.82) is 0 Å². The van der Waals surface area contributed by atoms with Crippen molar-refractivity contribution in [2.45, 2.75) is 32.1 Å². The van der Waals surface area contributed by atoms with E-state index in [0.29, 0.717) is 35.7 Å². The molecular formula is C25H26N6O4. The van der Waals surface area contributed by atoms with Gasteiger partial charge >= 0.3 is 0 Å². The number of carbonyl (C=O) groups excluding carboxylic acids is 1. The summed E-state index contributed by atoms with van der Waals surface area (Å²) >= 11 is 0. The van der Waals surface area contributed by atoms with Crippen LogP contribution in [0.15, 0.2) is 41.1 Å². The lowest BCUT2D eigenvalue weighted by Crippen LogP contribution is -2.45. The molecule has 4 N–H and O–H groups in total. The molecular weight excluding hydrogens is 448 g/mol. The summed E-state index contributed by atoms with van der Waals surface area (Å²) < 4.78 is 7.55. The van der Waals surface area contributed by atoms with Crippen LogP contribution in [0, 0.1) is 23.2 Å². The molecule has 180 valence electrons. The zero-order chi connectivity index (χ0) is 24.7. The van der Waals surface area contributed by atoms with Crippen LogP contribution >= 0.6 is 0 Å². The van der Waals surface area contributed by atoms with E-state index in [0.717, 1.165) is 11.0 Å². The summed E-state index contributed by atoms with van der Waals surface area (Å²) in [5.74, 6) is 6.57. The molecule has 0 radical (unpaired) electrons. The molecule has 4 atom stereocenters. The van der Waals surface area contributed by atoms with Crippen molar-refractivity contribution >= 4 is 33.9 Å². The van der Waals surface area contributed by atoms with Gasteiger partial charge in [0.25, 0.3) is 0 Å². The molecule has 1 amide bonds. The highest BCUT2D eigenvalue weighted by atomic mass is 16.3.